The zero-order valence-electron chi connectivity index (χ0n) is 6.84. The standard InChI is InChI=1S/C7H10N4O/c1-2-6-5-7(9-12-6)11-4-3-8-10-11/h3-4,6H,2,5H2,1H3. The number of rotatable bonds is 1. The molecule has 1 aliphatic heterocycles. The van der Waals surface area contributed by atoms with Crippen LogP contribution in [0.3, 0.4) is 0 Å². The SMILES string of the molecule is CCC1CC(n2ccnn2)=NO1. The average Bonchev–Trinajstić information content (AvgIpc) is 2.75. The van der Waals surface area contributed by atoms with E-state index in [1.807, 2.05) is 0 Å². The molecule has 1 atom stereocenters. The van der Waals surface area contributed by atoms with Crippen LogP contribution >= 0.6 is 0 Å². The Morgan fingerprint density at radius 2 is 2.67 bits per heavy atom. The summed E-state index contributed by atoms with van der Waals surface area (Å²) < 4.78 is 1.63. The van der Waals surface area contributed by atoms with Gasteiger partial charge in [-0.15, -0.1) is 5.10 Å². The van der Waals surface area contributed by atoms with E-state index >= 15 is 0 Å². The van der Waals surface area contributed by atoms with Crippen LogP contribution in [-0.2, 0) is 4.84 Å². The molecule has 1 aromatic rings. The Morgan fingerprint density at radius 1 is 1.75 bits per heavy atom. The molecular formula is C7H10N4O. The Hall–Kier alpha value is -1.39. The number of oxime groups is 1. The van der Waals surface area contributed by atoms with Crippen LogP contribution in [0.25, 0.3) is 0 Å². The number of aromatic nitrogens is 3. The third-order valence-electron chi connectivity index (χ3n) is 1.86. The molecule has 64 valence electrons. The van der Waals surface area contributed by atoms with Gasteiger partial charge >= 0.3 is 0 Å². The Morgan fingerprint density at radius 3 is 3.25 bits per heavy atom. The van der Waals surface area contributed by atoms with Crippen molar-refractivity contribution in [2.75, 3.05) is 0 Å². The minimum Gasteiger partial charge on any atom is -0.391 e. The quantitative estimate of drug-likeness (QED) is 0.615. The number of hydrogen-bond donors (Lipinski definition) is 0. The zero-order chi connectivity index (χ0) is 8.39. The van der Waals surface area contributed by atoms with Gasteiger partial charge in [-0.3, -0.25) is 0 Å². The van der Waals surface area contributed by atoms with E-state index in [1.54, 1.807) is 17.1 Å². The summed E-state index contributed by atoms with van der Waals surface area (Å²) in [5.74, 6) is 0.833. The highest BCUT2D eigenvalue weighted by molar-refractivity contribution is 5.84. The fraction of sp³-hybridized carbons (Fsp3) is 0.571. The maximum absolute atomic E-state index is 5.14. The lowest BCUT2D eigenvalue weighted by atomic mass is 10.2. The smallest absolute Gasteiger partial charge is 0.174 e. The predicted octanol–water partition coefficient (Wildman–Crippen LogP) is 0.639. The first-order chi connectivity index (χ1) is 5.90. The molecule has 1 aromatic heterocycles. The van der Waals surface area contributed by atoms with Gasteiger partial charge in [0.2, 0.25) is 0 Å². The third kappa shape index (κ3) is 1.17. The zero-order valence-corrected chi connectivity index (χ0v) is 6.84. The summed E-state index contributed by atoms with van der Waals surface area (Å²) in [5, 5.41) is 11.4. The lowest BCUT2D eigenvalue weighted by Gasteiger charge is -2.00. The molecule has 1 unspecified atom stereocenters. The highest BCUT2D eigenvalue weighted by atomic mass is 16.6. The van der Waals surface area contributed by atoms with Crippen molar-refractivity contribution < 1.29 is 4.84 Å². The topological polar surface area (TPSA) is 52.3 Å². The molecule has 0 N–H and O–H groups in total. The first kappa shape index (κ1) is 7.27. The molecule has 0 amide bonds. The van der Waals surface area contributed by atoms with E-state index in [0.29, 0.717) is 0 Å². The van der Waals surface area contributed by atoms with Gasteiger partial charge in [0, 0.05) is 0 Å². The van der Waals surface area contributed by atoms with Gasteiger partial charge in [-0.05, 0) is 6.42 Å². The van der Waals surface area contributed by atoms with Gasteiger partial charge in [-0.1, -0.05) is 17.3 Å². The molecule has 0 spiro atoms. The monoisotopic (exact) mass is 166 g/mol. The Kier molecular flexibility index (Phi) is 1.77. The van der Waals surface area contributed by atoms with Crippen molar-refractivity contribution >= 4 is 5.84 Å². The fourth-order valence-electron chi connectivity index (χ4n) is 1.11. The number of hydrogen-bond acceptors (Lipinski definition) is 4. The maximum atomic E-state index is 5.14. The summed E-state index contributed by atoms with van der Waals surface area (Å²) >= 11 is 0. The Balaban J connectivity index is 2.09. The highest BCUT2D eigenvalue weighted by Gasteiger charge is 2.20. The van der Waals surface area contributed by atoms with Gasteiger partial charge in [-0.25, -0.2) is 4.68 Å². The fourth-order valence-corrected chi connectivity index (χ4v) is 1.11. The lowest BCUT2D eigenvalue weighted by molar-refractivity contribution is 0.0828. The molecule has 2 heterocycles. The van der Waals surface area contributed by atoms with Crippen molar-refractivity contribution in [1.29, 1.82) is 0 Å². The minimum absolute atomic E-state index is 0.212. The van der Waals surface area contributed by atoms with Crippen LogP contribution in [0.1, 0.15) is 19.8 Å². The molecule has 0 bridgehead atoms. The van der Waals surface area contributed by atoms with Crippen molar-refractivity contribution in [1.82, 2.24) is 15.0 Å². The van der Waals surface area contributed by atoms with E-state index in [2.05, 4.69) is 22.4 Å². The van der Waals surface area contributed by atoms with Gasteiger partial charge in [0.25, 0.3) is 0 Å². The van der Waals surface area contributed by atoms with Crippen molar-refractivity contribution in [2.24, 2.45) is 5.16 Å². The average molecular weight is 166 g/mol. The van der Waals surface area contributed by atoms with E-state index in [1.165, 1.54) is 0 Å². The molecule has 0 aliphatic carbocycles. The van der Waals surface area contributed by atoms with Crippen LogP contribution in [0.2, 0.25) is 0 Å². The van der Waals surface area contributed by atoms with Crippen molar-refractivity contribution in [3.63, 3.8) is 0 Å². The summed E-state index contributed by atoms with van der Waals surface area (Å²) in [6, 6.07) is 0. The molecule has 0 radical (unpaired) electrons. The van der Waals surface area contributed by atoms with Crippen molar-refractivity contribution in [3.05, 3.63) is 12.4 Å². The number of nitrogens with zero attached hydrogens (tertiary/aromatic N) is 4. The Labute approximate surface area is 70.0 Å². The van der Waals surface area contributed by atoms with Gasteiger partial charge in [0.15, 0.2) is 5.84 Å². The normalized spacial score (nSPS) is 22.1. The molecule has 1 aliphatic rings. The molecule has 0 fully saturated rings. The van der Waals surface area contributed by atoms with Crippen LogP contribution < -0.4 is 0 Å². The molecule has 2 rings (SSSR count). The summed E-state index contributed by atoms with van der Waals surface area (Å²) in [5.41, 5.74) is 0. The second-order valence-electron chi connectivity index (χ2n) is 2.69. The summed E-state index contributed by atoms with van der Waals surface area (Å²) in [7, 11) is 0. The predicted molar refractivity (Wildman–Crippen MR) is 42.6 cm³/mol. The molecule has 0 saturated heterocycles. The molecule has 0 saturated carbocycles. The van der Waals surface area contributed by atoms with Crippen LogP contribution in [0.5, 0.6) is 0 Å². The van der Waals surface area contributed by atoms with Crippen LogP contribution in [0, 0.1) is 0 Å². The Bertz CT molecular complexity index is 280. The first-order valence-corrected chi connectivity index (χ1v) is 3.99. The second-order valence-corrected chi connectivity index (χ2v) is 2.69. The third-order valence-corrected chi connectivity index (χ3v) is 1.86. The molecule has 0 aromatic carbocycles. The highest BCUT2D eigenvalue weighted by Crippen LogP contribution is 2.13. The molecule has 5 nitrogen and oxygen atoms in total. The summed E-state index contributed by atoms with van der Waals surface area (Å²) in [4.78, 5) is 5.14. The minimum atomic E-state index is 0.212. The molecule has 12 heavy (non-hydrogen) atoms. The van der Waals surface area contributed by atoms with Crippen LogP contribution in [0.4, 0.5) is 0 Å². The van der Waals surface area contributed by atoms with Crippen molar-refractivity contribution in [2.45, 2.75) is 25.9 Å². The van der Waals surface area contributed by atoms with Crippen molar-refractivity contribution in [3.8, 4) is 0 Å². The lowest BCUT2D eigenvalue weighted by Crippen LogP contribution is -2.13. The first-order valence-electron chi connectivity index (χ1n) is 3.99. The molecular weight excluding hydrogens is 156 g/mol. The van der Waals surface area contributed by atoms with Crippen LogP contribution in [0.15, 0.2) is 17.5 Å². The van der Waals surface area contributed by atoms with Gasteiger partial charge < -0.3 is 4.84 Å². The molecule has 5 heteroatoms. The van der Waals surface area contributed by atoms with Gasteiger partial charge in [-0.2, -0.15) is 0 Å². The maximum Gasteiger partial charge on any atom is 0.174 e. The summed E-state index contributed by atoms with van der Waals surface area (Å²) in [6.07, 6.45) is 5.40. The summed E-state index contributed by atoms with van der Waals surface area (Å²) in [6.45, 7) is 2.07. The van der Waals surface area contributed by atoms with Gasteiger partial charge in [0.1, 0.15) is 6.10 Å². The van der Waals surface area contributed by atoms with E-state index in [-0.39, 0.29) is 6.10 Å². The van der Waals surface area contributed by atoms with Crippen LogP contribution in [-0.4, -0.2) is 26.9 Å². The second kappa shape index (κ2) is 2.92. The van der Waals surface area contributed by atoms with E-state index in [0.717, 1.165) is 18.7 Å². The van der Waals surface area contributed by atoms with E-state index in [9.17, 15) is 0 Å². The van der Waals surface area contributed by atoms with Gasteiger partial charge in [0.05, 0.1) is 18.8 Å². The van der Waals surface area contributed by atoms with E-state index < -0.39 is 0 Å². The largest absolute Gasteiger partial charge is 0.391 e. The van der Waals surface area contributed by atoms with E-state index in [4.69, 9.17) is 4.84 Å².